The number of rotatable bonds is 3. The minimum absolute atomic E-state index is 0.197. The van der Waals surface area contributed by atoms with Gasteiger partial charge in [0, 0.05) is 19.4 Å². The smallest absolute Gasteiger partial charge is 0.258 e. The number of carbonyl (C=O) groups excluding carboxylic acids is 1. The van der Waals surface area contributed by atoms with Crippen LogP contribution >= 0.6 is 15.9 Å². The molecule has 0 saturated heterocycles. The van der Waals surface area contributed by atoms with Gasteiger partial charge in [-0.15, -0.1) is 0 Å². The van der Waals surface area contributed by atoms with Gasteiger partial charge < -0.3 is 5.32 Å². The van der Waals surface area contributed by atoms with Crippen LogP contribution in [0.1, 0.15) is 23.0 Å². The van der Waals surface area contributed by atoms with E-state index in [0.717, 1.165) is 17.8 Å². The minimum atomic E-state index is -0.197. The molecule has 0 fully saturated rings. The molecule has 0 aliphatic rings. The second-order valence-electron chi connectivity index (χ2n) is 3.81. The SMILES string of the molecule is CCc1nn(C)cc1NC(=O)c1cccnc1Br. The molecule has 2 heterocycles. The lowest BCUT2D eigenvalue weighted by atomic mass is 10.2. The van der Waals surface area contributed by atoms with Gasteiger partial charge in [-0.3, -0.25) is 9.48 Å². The standard InChI is InChI=1S/C12H13BrN4O/c1-3-9-10(7-17(2)16-9)15-12(18)8-5-4-6-14-11(8)13/h4-7H,3H2,1-2H3,(H,15,18). The number of amides is 1. The summed E-state index contributed by atoms with van der Waals surface area (Å²) in [7, 11) is 1.83. The highest BCUT2D eigenvalue weighted by Crippen LogP contribution is 2.18. The highest BCUT2D eigenvalue weighted by molar-refractivity contribution is 9.10. The van der Waals surface area contributed by atoms with Gasteiger partial charge in [-0.2, -0.15) is 5.10 Å². The average Bonchev–Trinajstić information content (AvgIpc) is 2.70. The van der Waals surface area contributed by atoms with E-state index in [-0.39, 0.29) is 5.91 Å². The fraction of sp³-hybridized carbons (Fsp3) is 0.250. The topological polar surface area (TPSA) is 59.8 Å². The first-order valence-corrected chi connectivity index (χ1v) is 6.35. The summed E-state index contributed by atoms with van der Waals surface area (Å²) in [6.45, 7) is 2.00. The Balaban J connectivity index is 2.24. The zero-order chi connectivity index (χ0) is 13.1. The van der Waals surface area contributed by atoms with Crippen LogP contribution in [-0.4, -0.2) is 20.7 Å². The summed E-state index contributed by atoms with van der Waals surface area (Å²) in [6.07, 6.45) is 4.19. The quantitative estimate of drug-likeness (QED) is 0.886. The Hall–Kier alpha value is -1.69. The molecule has 0 saturated carbocycles. The Morgan fingerprint density at radius 1 is 1.56 bits per heavy atom. The van der Waals surface area contributed by atoms with Gasteiger partial charge in [-0.25, -0.2) is 4.98 Å². The summed E-state index contributed by atoms with van der Waals surface area (Å²) >= 11 is 3.26. The van der Waals surface area contributed by atoms with Gasteiger partial charge in [-0.05, 0) is 34.5 Å². The number of hydrogen-bond acceptors (Lipinski definition) is 3. The summed E-state index contributed by atoms with van der Waals surface area (Å²) in [5.74, 6) is -0.197. The van der Waals surface area contributed by atoms with Crippen LogP contribution in [0.4, 0.5) is 5.69 Å². The zero-order valence-electron chi connectivity index (χ0n) is 10.1. The maximum Gasteiger partial charge on any atom is 0.258 e. The molecule has 0 aliphatic carbocycles. The number of nitrogens with one attached hydrogen (secondary N) is 1. The zero-order valence-corrected chi connectivity index (χ0v) is 11.7. The van der Waals surface area contributed by atoms with Gasteiger partial charge >= 0.3 is 0 Å². The van der Waals surface area contributed by atoms with Crippen molar-refractivity contribution in [1.29, 1.82) is 0 Å². The van der Waals surface area contributed by atoms with Crippen molar-refractivity contribution in [1.82, 2.24) is 14.8 Å². The van der Waals surface area contributed by atoms with E-state index in [4.69, 9.17) is 0 Å². The number of carbonyl (C=O) groups is 1. The normalized spacial score (nSPS) is 10.4. The lowest BCUT2D eigenvalue weighted by molar-refractivity contribution is 0.102. The molecule has 2 aromatic rings. The van der Waals surface area contributed by atoms with Crippen molar-refractivity contribution in [3.05, 3.63) is 40.4 Å². The van der Waals surface area contributed by atoms with E-state index in [1.54, 1.807) is 29.2 Å². The molecule has 94 valence electrons. The van der Waals surface area contributed by atoms with Crippen LogP contribution in [0.25, 0.3) is 0 Å². The lowest BCUT2D eigenvalue weighted by Crippen LogP contribution is -2.13. The number of nitrogens with zero attached hydrogens (tertiary/aromatic N) is 3. The summed E-state index contributed by atoms with van der Waals surface area (Å²) < 4.78 is 2.22. The monoisotopic (exact) mass is 308 g/mol. The van der Waals surface area contributed by atoms with Crippen molar-refractivity contribution in [3.63, 3.8) is 0 Å². The third-order valence-electron chi connectivity index (χ3n) is 2.49. The second kappa shape index (κ2) is 5.30. The summed E-state index contributed by atoms with van der Waals surface area (Å²) in [4.78, 5) is 16.1. The average molecular weight is 309 g/mol. The highest BCUT2D eigenvalue weighted by atomic mass is 79.9. The molecular formula is C12H13BrN4O. The van der Waals surface area contributed by atoms with Crippen molar-refractivity contribution < 1.29 is 4.79 Å². The van der Waals surface area contributed by atoms with E-state index in [2.05, 4.69) is 31.3 Å². The van der Waals surface area contributed by atoms with Gasteiger partial charge in [-0.1, -0.05) is 6.92 Å². The molecule has 0 radical (unpaired) electrons. The molecule has 0 atom stereocenters. The fourth-order valence-electron chi connectivity index (χ4n) is 1.65. The van der Waals surface area contributed by atoms with Crippen molar-refractivity contribution in [2.24, 2.45) is 7.05 Å². The first kappa shape index (κ1) is 12.8. The largest absolute Gasteiger partial charge is 0.319 e. The van der Waals surface area contributed by atoms with E-state index in [0.29, 0.717) is 10.2 Å². The predicted molar refractivity (Wildman–Crippen MR) is 72.5 cm³/mol. The van der Waals surface area contributed by atoms with Crippen LogP contribution < -0.4 is 5.32 Å². The summed E-state index contributed by atoms with van der Waals surface area (Å²) in [5.41, 5.74) is 2.11. The van der Waals surface area contributed by atoms with Crippen molar-refractivity contribution in [2.45, 2.75) is 13.3 Å². The van der Waals surface area contributed by atoms with Crippen LogP contribution in [0.2, 0.25) is 0 Å². The number of pyridine rings is 1. The Kier molecular flexibility index (Phi) is 3.76. The Morgan fingerprint density at radius 2 is 2.33 bits per heavy atom. The number of hydrogen-bond donors (Lipinski definition) is 1. The molecule has 1 amide bonds. The van der Waals surface area contributed by atoms with Crippen molar-refractivity contribution in [3.8, 4) is 0 Å². The van der Waals surface area contributed by atoms with Gasteiger partial charge in [0.15, 0.2) is 0 Å². The number of anilines is 1. The number of aryl methyl sites for hydroxylation is 2. The number of halogens is 1. The molecule has 18 heavy (non-hydrogen) atoms. The Labute approximate surface area is 113 Å². The molecule has 2 rings (SSSR count). The molecule has 1 N–H and O–H groups in total. The van der Waals surface area contributed by atoms with Crippen LogP contribution in [0.5, 0.6) is 0 Å². The lowest BCUT2D eigenvalue weighted by Gasteiger charge is -2.05. The fourth-order valence-corrected chi connectivity index (χ4v) is 2.08. The first-order valence-electron chi connectivity index (χ1n) is 5.56. The number of aromatic nitrogens is 3. The van der Waals surface area contributed by atoms with Crippen molar-refractivity contribution in [2.75, 3.05) is 5.32 Å². The molecular weight excluding hydrogens is 296 g/mol. The minimum Gasteiger partial charge on any atom is -0.319 e. The molecule has 0 bridgehead atoms. The third-order valence-corrected chi connectivity index (χ3v) is 3.12. The maximum absolute atomic E-state index is 12.1. The van der Waals surface area contributed by atoms with Crippen LogP contribution in [0.15, 0.2) is 29.1 Å². The van der Waals surface area contributed by atoms with Gasteiger partial charge in [0.1, 0.15) is 4.60 Å². The van der Waals surface area contributed by atoms with Gasteiger partial charge in [0.25, 0.3) is 5.91 Å². The molecule has 5 nitrogen and oxygen atoms in total. The predicted octanol–water partition coefficient (Wildman–Crippen LogP) is 2.39. The van der Waals surface area contributed by atoms with E-state index >= 15 is 0 Å². The van der Waals surface area contributed by atoms with Gasteiger partial charge in [0.05, 0.1) is 16.9 Å². The maximum atomic E-state index is 12.1. The molecule has 2 aromatic heterocycles. The first-order chi connectivity index (χ1) is 8.61. The molecule has 0 unspecified atom stereocenters. The van der Waals surface area contributed by atoms with E-state index < -0.39 is 0 Å². The molecule has 0 spiro atoms. The van der Waals surface area contributed by atoms with Crippen LogP contribution in [0.3, 0.4) is 0 Å². The van der Waals surface area contributed by atoms with Crippen LogP contribution in [-0.2, 0) is 13.5 Å². The Morgan fingerprint density at radius 3 is 3.00 bits per heavy atom. The Bertz CT molecular complexity index is 579. The highest BCUT2D eigenvalue weighted by Gasteiger charge is 2.13. The van der Waals surface area contributed by atoms with Crippen molar-refractivity contribution >= 4 is 27.5 Å². The van der Waals surface area contributed by atoms with Gasteiger partial charge in [0.2, 0.25) is 0 Å². The molecule has 6 heteroatoms. The molecule has 0 aromatic carbocycles. The van der Waals surface area contributed by atoms with E-state index in [1.165, 1.54) is 0 Å². The third kappa shape index (κ3) is 2.59. The summed E-state index contributed by atoms with van der Waals surface area (Å²) in [6, 6.07) is 3.44. The second-order valence-corrected chi connectivity index (χ2v) is 4.56. The van der Waals surface area contributed by atoms with E-state index in [9.17, 15) is 4.79 Å². The molecule has 0 aliphatic heterocycles. The summed E-state index contributed by atoms with van der Waals surface area (Å²) in [5, 5.41) is 7.12. The van der Waals surface area contributed by atoms with Crippen LogP contribution in [0, 0.1) is 0 Å². The van der Waals surface area contributed by atoms with E-state index in [1.807, 2.05) is 14.0 Å².